The number of allylic oxidation sites excluding steroid dienone is 1. The molecule has 2 atom stereocenters. The molecule has 138 valence electrons. The van der Waals surface area contributed by atoms with E-state index >= 15 is 0 Å². The Hall–Kier alpha value is -2.10. The number of carbonyl (C=O) groups is 2. The van der Waals surface area contributed by atoms with Gasteiger partial charge in [-0.25, -0.2) is 0 Å². The van der Waals surface area contributed by atoms with E-state index in [2.05, 4.69) is 0 Å². The number of carboxylic acid groups (broad SMARTS) is 1. The van der Waals surface area contributed by atoms with E-state index in [1.54, 1.807) is 20.8 Å². The zero-order chi connectivity index (χ0) is 19.0. The Balaban J connectivity index is 2.98. The monoisotopic (exact) mass is 346 g/mol. The molecular formula is C21H30O4. The summed E-state index contributed by atoms with van der Waals surface area (Å²) in [5.41, 5.74) is 0.375. The van der Waals surface area contributed by atoms with Crippen molar-refractivity contribution < 1.29 is 19.4 Å². The lowest BCUT2D eigenvalue weighted by Gasteiger charge is -2.27. The van der Waals surface area contributed by atoms with E-state index in [1.807, 2.05) is 56.3 Å². The predicted octanol–water partition coefficient (Wildman–Crippen LogP) is 4.79. The first-order chi connectivity index (χ1) is 11.6. The highest BCUT2D eigenvalue weighted by Gasteiger charge is 2.36. The Morgan fingerprint density at radius 3 is 2.20 bits per heavy atom. The van der Waals surface area contributed by atoms with Gasteiger partial charge in [-0.15, -0.1) is 0 Å². The summed E-state index contributed by atoms with van der Waals surface area (Å²) in [4.78, 5) is 24.4. The summed E-state index contributed by atoms with van der Waals surface area (Å²) in [7, 11) is 0. The van der Waals surface area contributed by atoms with Crippen molar-refractivity contribution >= 4 is 18.0 Å². The topological polar surface area (TPSA) is 63.6 Å². The zero-order valence-corrected chi connectivity index (χ0v) is 15.9. The standard InChI is InChI=1S/C21H30O4/c1-15(2)14-18(19(22)23)17(20(24)25-21(3,4)5)13-9-12-16-10-7-6-8-11-16/h6-12,15,17-18H,13-14H2,1-5H3,(H,22,23). The average Bonchev–Trinajstić information content (AvgIpc) is 2.48. The predicted molar refractivity (Wildman–Crippen MR) is 100 cm³/mol. The van der Waals surface area contributed by atoms with E-state index in [0.717, 1.165) is 5.56 Å². The highest BCUT2D eigenvalue weighted by atomic mass is 16.6. The average molecular weight is 346 g/mol. The van der Waals surface area contributed by atoms with Gasteiger partial charge in [0.05, 0.1) is 11.8 Å². The number of carboxylic acids is 1. The zero-order valence-electron chi connectivity index (χ0n) is 15.9. The summed E-state index contributed by atoms with van der Waals surface area (Å²) in [6, 6.07) is 9.72. The molecule has 0 radical (unpaired) electrons. The second-order valence-electron chi connectivity index (χ2n) is 7.76. The van der Waals surface area contributed by atoms with Crippen LogP contribution in [0.1, 0.15) is 53.0 Å². The van der Waals surface area contributed by atoms with Gasteiger partial charge in [-0.1, -0.05) is 56.3 Å². The molecule has 1 N–H and O–H groups in total. The summed E-state index contributed by atoms with van der Waals surface area (Å²) in [6.07, 6.45) is 4.55. The van der Waals surface area contributed by atoms with Crippen molar-refractivity contribution in [2.45, 2.75) is 53.1 Å². The molecule has 1 aromatic rings. The molecule has 0 aliphatic heterocycles. The summed E-state index contributed by atoms with van der Waals surface area (Å²) < 4.78 is 5.48. The maximum absolute atomic E-state index is 12.6. The van der Waals surface area contributed by atoms with E-state index < -0.39 is 29.4 Å². The summed E-state index contributed by atoms with van der Waals surface area (Å²) in [5.74, 6) is -2.66. The molecule has 0 amide bonds. The molecule has 4 nitrogen and oxygen atoms in total. The number of hydrogen-bond donors (Lipinski definition) is 1. The number of rotatable bonds is 8. The molecule has 25 heavy (non-hydrogen) atoms. The van der Waals surface area contributed by atoms with E-state index in [9.17, 15) is 14.7 Å². The van der Waals surface area contributed by atoms with Crippen LogP contribution in [-0.2, 0) is 14.3 Å². The van der Waals surface area contributed by atoms with Gasteiger partial charge in [-0.3, -0.25) is 9.59 Å². The molecule has 4 heteroatoms. The second-order valence-corrected chi connectivity index (χ2v) is 7.76. The molecule has 0 aliphatic rings. The minimum atomic E-state index is -0.947. The molecule has 1 rings (SSSR count). The van der Waals surface area contributed by atoms with E-state index in [0.29, 0.717) is 12.8 Å². The molecule has 0 bridgehead atoms. The lowest BCUT2D eigenvalue weighted by atomic mass is 9.83. The van der Waals surface area contributed by atoms with Gasteiger partial charge in [0.1, 0.15) is 5.60 Å². The van der Waals surface area contributed by atoms with Gasteiger partial charge in [0, 0.05) is 0 Å². The Bertz CT molecular complexity index is 582. The molecule has 0 aliphatic carbocycles. The Morgan fingerprint density at radius 1 is 1.12 bits per heavy atom. The summed E-state index contributed by atoms with van der Waals surface area (Å²) in [6.45, 7) is 9.30. The van der Waals surface area contributed by atoms with Crippen molar-refractivity contribution in [3.63, 3.8) is 0 Å². The van der Waals surface area contributed by atoms with Gasteiger partial charge >= 0.3 is 11.9 Å². The third-order valence-electron chi connectivity index (χ3n) is 3.74. The van der Waals surface area contributed by atoms with Gasteiger partial charge < -0.3 is 9.84 Å². The highest BCUT2D eigenvalue weighted by Crippen LogP contribution is 2.27. The minimum absolute atomic E-state index is 0.184. The van der Waals surface area contributed by atoms with Gasteiger partial charge in [0.2, 0.25) is 0 Å². The lowest BCUT2D eigenvalue weighted by molar-refractivity contribution is -0.167. The normalized spacial score (nSPS) is 14.5. The maximum Gasteiger partial charge on any atom is 0.310 e. The first-order valence-electron chi connectivity index (χ1n) is 8.77. The van der Waals surface area contributed by atoms with E-state index in [1.165, 1.54) is 0 Å². The largest absolute Gasteiger partial charge is 0.481 e. The fourth-order valence-corrected chi connectivity index (χ4v) is 2.66. The number of hydrogen-bond acceptors (Lipinski definition) is 3. The van der Waals surface area contributed by atoms with Gasteiger partial charge in [0.25, 0.3) is 0 Å². The van der Waals surface area contributed by atoms with Crippen molar-refractivity contribution in [3.8, 4) is 0 Å². The fourth-order valence-electron chi connectivity index (χ4n) is 2.66. The van der Waals surface area contributed by atoms with Crippen LogP contribution < -0.4 is 0 Å². The van der Waals surface area contributed by atoms with Gasteiger partial charge in [-0.2, -0.15) is 0 Å². The van der Waals surface area contributed by atoms with Crippen molar-refractivity contribution in [2.75, 3.05) is 0 Å². The summed E-state index contributed by atoms with van der Waals surface area (Å²) in [5, 5.41) is 9.62. The lowest BCUT2D eigenvalue weighted by Crippen LogP contribution is -2.36. The molecule has 2 unspecified atom stereocenters. The van der Waals surface area contributed by atoms with Crippen LogP contribution in [-0.4, -0.2) is 22.6 Å². The number of esters is 1. The second kappa shape index (κ2) is 9.40. The van der Waals surface area contributed by atoms with Crippen LogP contribution in [0.5, 0.6) is 0 Å². The van der Waals surface area contributed by atoms with Crippen LogP contribution in [0.4, 0.5) is 0 Å². The molecular weight excluding hydrogens is 316 g/mol. The van der Waals surface area contributed by atoms with Crippen molar-refractivity contribution in [3.05, 3.63) is 42.0 Å². The van der Waals surface area contributed by atoms with Crippen LogP contribution in [0.15, 0.2) is 36.4 Å². The quantitative estimate of drug-likeness (QED) is 0.687. The van der Waals surface area contributed by atoms with Crippen molar-refractivity contribution in [1.29, 1.82) is 0 Å². The van der Waals surface area contributed by atoms with Crippen LogP contribution in [0.2, 0.25) is 0 Å². The molecule has 0 fully saturated rings. The molecule has 0 spiro atoms. The van der Waals surface area contributed by atoms with Crippen LogP contribution >= 0.6 is 0 Å². The first-order valence-corrected chi connectivity index (χ1v) is 8.77. The smallest absolute Gasteiger partial charge is 0.310 e. The Kier molecular flexibility index (Phi) is 7.88. The fraction of sp³-hybridized carbons (Fsp3) is 0.524. The van der Waals surface area contributed by atoms with Gasteiger partial charge in [0.15, 0.2) is 0 Å². The first kappa shape index (κ1) is 20.9. The molecule has 0 saturated carbocycles. The third-order valence-corrected chi connectivity index (χ3v) is 3.74. The van der Waals surface area contributed by atoms with Crippen LogP contribution in [0.3, 0.4) is 0 Å². The van der Waals surface area contributed by atoms with Gasteiger partial charge in [-0.05, 0) is 45.1 Å². The molecule has 0 aromatic heterocycles. The highest BCUT2D eigenvalue weighted by molar-refractivity contribution is 5.81. The number of carbonyl (C=O) groups excluding carboxylic acids is 1. The third kappa shape index (κ3) is 8.01. The maximum atomic E-state index is 12.6. The molecule has 0 saturated heterocycles. The van der Waals surface area contributed by atoms with Crippen LogP contribution in [0.25, 0.3) is 6.08 Å². The Labute approximate surface area is 150 Å². The van der Waals surface area contributed by atoms with E-state index in [4.69, 9.17) is 4.74 Å². The minimum Gasteiger partial charge on any atom is -0.481 e. The van der Waals surface area contributed by atoms with Crippen LogP contribution in [0, 0.1) is 17.8 Å². The molecule has 0 heterocycles. The molecule has 1 aromatic carbocycles. The summed E-state index contributed by atoms with van der Waals surface area (Å²) >= 11 is 0. The van der Waals surface area contributed by atoms with E-state index in [-0.39, 0.29) is 5.92 Å². The number of ether oxygens (including phenoxy) is 1. The number of aliphatic carboxylic acids is 1. The van der Waals surface area contributed by atoms with Crippen molar-refractivity contribution in [1.82, 2.24) is 0 Å². The SMILES string of the molecule is CC(C)CC(C(=O)O)C(CC=Cc1ccccc1)C(=O)OC(C)(C)C. The Morgan fingerprint density at radius 2 is 1.72 bits per heavy atom. The van der Waals surface area contributed by atoms with Crippen molar-refractivity contribution in [2.24, 2.45) is 17.8 Å². The number of benzene rings is 1.